The number of methoxy groups -OCH3 is 2. The van der Waals surface area contributed by atoms with E-state index in [0.29, 0.717) is 22.7 Å². The topological polar surface area (TPSA) is 64.6 Å². The van der Waals surface area contributed by atoms with Gasteiger partial charge in [-0.25, -0.2) is 0 Å². The fourth-order valence-electron chi connectivity index (χ4n) is 1.51. The van der Waals surface area contributed by atoms with E-state index in [1.807, 2.05) is 0 Å². The van der Waals surface area contributed by atoms with E-state index in [1.54, 1.807) is 6.92 Å². The Morgan fingerprint density at radius 2 is 1.74 bits per heavy atom. The first-order chi connectivity index (χ1) is 8.90. The molecule has 0 radical (unpaired) electrons. The summed E-state index contributed by atoms with van der Waals surface area (Å²) in [4.78, 5) is 23.2. The molecule has 0 aliphatic carbocycles. The first kappa shape index (κ1) is 15.3. The zero-order chi connectivity index (χ0) is 14.6. The van der Waals surface area contributed by atoms with E-state index < -0.39 is 11.3 Å². The average molecular weight is 286 g/mol. The summed E-state index contributed by atoms with van der Waals surface area (Å²) in [7, 11) is 2.95. The highest BCUT2D eigenvalue weighted by atomic mass is 35.5. The summed E-state index contributed by atoms with van der Waals surface area (Å²) < 4.78 is 10.3. The number of carbonyl (C=O) groups excluding carboxylic acids is 2. The van der Waals surface area contributed by atoms with Gasteiger partial charge in [0.15, 0.2) is 17.3 Å². The van der Waals surface area contributed by atoms with Crippen LogP contribution in [0.5, 0.6) is 11.5 Å². The molecule has 0 fully saturated rings. The number of anilines is 1. The van der Waals surface area contributed by atoms with Crippen LogP contribution in [-0.2, 0) is 4.79 Å². The number of carbonyl (C=O) groups is 2. The molecule has 6 heteroatoms. The van der Waals surface area contributed by atoms with E-state index in [4.69, 9.17) is 21.1 Å². The van der Waals surface area contributed by atoms with Crippen molar-refractivity contribution in [3.63, 3.8) is 0 Å². The molecule has 0 spiro atoms. The van der Waals surface area contributed by atoms with Gasteiger partial charge in [-0.15, -0.1) is 11.6 Å². The lowest BCUT2D eigenvalue weighted by Crippen LogP contribution is -2.21. The van der Waals surface area contributed by atoms with Crippen LogP contribution < -0.4 is 14.8 Å². The number of ketones is 1. The Kier molecular flexibility index (Phi) is 5.18. The molecule has 1 rings (SSSR count). The number of rotatable bonds is 5. The number of ether oxygens (including phenoxy) is 2. The van der Waals surface area contributed by atoms with Gasteiger partial charge >= 0.3 is 0 Å². The Morgan fingerprint density at radius 1 is 1.21 bits per heavy atom. The van der Waals surface area contributed by atoms with Crippen molar-refractivity contribution in [1.29, 1.82) is 0 Å². The van der Waals surface area contributed by atoms with Crippen LogP contribution in [0.15, 0.2) is 12.1 Å². The van der Waals surface area contributed by atoms with Gasteiger partial charge in [0.1, 0.15) is 5.38 Å². The molecule has 1 aromatic carbocycles. The molecule has 1 unspecified atom stereocenters. The van der Waals surface area contributed by atoms with Crippen molar-refractivity contribution >= 4 is 29.0 Å². The van der Waals surface area contributed by atoms with Gasteiger partial charge in [0.05, 0.1) is 19.9 Å². The Morgan fingerprint density at radius 3 is 2.16 bits per heavy atom. The normalized spacial score (nSPS) is 11.6. The number of Topliss-reactive ketones (excluding diaryl/α,β-unsaturated/α-hetero) is 1. The third-order valence-corrected chi connectivity index (χ3v) is 2.72. The summed E-state index contributed by atoms with van der Waals surface area (Å²) in [5.41, 5.74) is 0.686. The molecular formula is C13H16ClNO4. The van der Waals surface area contributed by atoms with Crippen LogP contribution in [-0.4, -0.2) is 31.3 Å². The smallest absolute Gasteiger partial charge is 0.242 e. The maximum absolute atomic E-state index is 11.6. The van der Waals surface area contributed by atoms with Crippen LogP contribution in [0.25, 0.3) is 0 Å². The van der Waals surface area contributed by atoms with E-state index in [1.165, 1.54) is 33.3 Å². The molecule has 0 aliphatic rings. The molecule has 0 bridgehead atoms. The standard InChI is InChI=1S/C13H16ClNO4/c1-7(14)13(17)15-10-6-12(19-4)11(18-3)5-9(10)8(2)16/h5-7H,1-4H3,(H,15,17). The summed E-state index contributed by atoms with van der Waals surface area (Å²) in [5.74, 6) is 0.254. The molecule has 0 saturated heterocycles. The maximum atomic E-state index is 11.6. The molecule has 19 heavy (non-hydrogen) atoms. The highest BCUT2D eigenvalue weighted by Crippen LogP contribution is 2.33. The Bertz CT molecular complexity index is 500. The third kappa shape index (κ3) is 3.61. The third-order valence-electron chi connectivity index (χ3n) is 2.52. The summed E-state index contributed by atoms with van der Waals surface area (Å²) in [6, 6.07) is 3.06. The maximum Gasteiger partial charge on any atom is 0.242 e. The fourth-order valence-corrected chi connectivity index (χ4v) is 1.56. The molecule has 0 aromatic heterocycles. The predicted octanol–water partition coefficient (Wildman–Crippen LogP) is 2.47. The van der Waals surface area contributed by atoms with Crippen LogP contribution in [0, 0.1) is 0 Å². The van der Waals surface area contributed by atoms with Crippen LogP contribution in [0.1, 0.15) is 24.2 Å². The van der Waals surface area contributed by atoms with Crippen LogP contribution in [0.2, 0.25) is 0 Å². The highest BCUT2D eigenvalue weighted by molar-refractivity contribution is 6.32. The van der Waals surface area contributed by atoms with E-state index in [2.05, 4.69) is 5.32 Å². The molecule has 1 amide bonds. The van der Waals surface area contributed by atoms with E-state index in [0.717, 1.165) is 0 Å². The number of alkyl halides is 1. The fraction of sp³-hybridized carbons (Fsp3) is 0.385. The number of amides is 1. The lowest BCUT2D eigenvalue weighted by atomic mass is 10.1. The monoisotopic (exact) mass is 285 g/mol. The molecule has 1 atom stereocenters. The molecule has 1 aromatic rings. The minimum Gasteiger partial charge on any atom is -0.493 e. The van der Waals surface area contributed by atoms with Gasteiger partial charge in [-0.2, -0.15) is 0 Å². The van der Waals surface area contributed by atoms with Crippen LogP contribution >= 0.6 is 11.6 Å². The van der Waals surface area contributed by atoms with E-state index in [9.17, 15) is 9.59 Å². The summed E-state index contributed by atoms with van der Waals surface area (Å²) in [5, 5.41) is 1.89. The largest absolute Gasteiger partial charge is 0.493 e. The second-order valence-electron chi connectivity index (χ2n) is 3.91. The lowest BCUT2D eigenvalue weighted by molar-refractivity contribution is -0.115. The van der Waals surface area contributed by atoms with Crippen molar-refractivity contribution in [1.82, 2.24) is 0 Å². The summed E-state index contributed by atoms with van der Waals surface area (Å²) in [6.45, 7) is 2.95. The zero-order valence-electron chi connectivity index (χ0n) is 11.2. The van der Waals surface area contributed by atoms with Crippen molar-refractivity contribution in [3.8, 4) is 11.5 Å². The zero-order valence-corrected chi connectivity index (χ0v) is 12.0. The average Bonchev–Trinajstić information content (AvgIpc) is 2.37. The van der Waals surface area contributed by atoms with Gasteiger partial charge in [-0.05, 0) is 19.9 Å². The number of halogens is 1. The van der Waals surface area contributed by atoms with Gasteiger partial charge in [-0.3, -0.25) is 9.59 Å². The van der Waals surface area contributed by atoms with Gasteiger partial charge in [-0.1, -0.05) is 0 Å². The Balaban J connectivity index is 3.27. The second kappa shape index (κ2) is 6.43. The molecule has 0 saturated carbocycles. The van der Waals surface area contributed by atoms with Gasteiger partial charge in [0.2, 0.25) is 5.91 Å². The molecule has 1 N–H and O–H groups in total. The quantitative estimate of drug-likeness (QED) is 0.667. The lowest BCUT2D eigenvalue weighted by Gasteiger charge is -2.14. The first-order valence-corrected chi connectivity index (χ1v) is 6.06. The van der Waals surface area contributed by atoms with E-state index >= 15 is 0 Å². The minimum absolute atomic E-state index is 0.196. The SMILES string of the molecule is COc1cc(NC(=O)C(C)Cl)c(C(C)=O)cc1OC. The molecule has 0 heterocycles. The first-order valence-electron chi connectivity index (χ1n) is 5.62. The van der Waals surface area contributed by atoms with Crippen LogP contribution in [0.3, 0.4) is 0 Å². The Labute approximate surface area is 116 Å². The van der Waals surface area contributed by atoms with Crippen molar-refractivity contribution in [2.24, 2.45) is 0 Å². The van der Waals surface area contributed by atoms with Gasteiger partial charge in [0.25, 0.3) is 0 Å². The number of benzene rings is 1. The van der Waals surface area contributed by atoms with Crippen molar-refractivity contribution < 1.29 is 19.1 Å². The molecule has 104 valence electrons. The highest BCUT2D eigenvalue weighted by Gasteiger charge is 2.17. The molecule has 0 aliphatic heterocycles. The van der Waals surface area contributed by atoms with Gasteiger partial charge < -0.3 is 14.8 Å². The summed E-state index contributed by atoms with van der Waals surface area (Å²) in [6.07, 6.45) is 0. The second-order valence-corrected chi connectivity index (χ2v) is 4.57. The van der Waals surface area contributed by atoms with Crippen molar-refractivity contribution in [3.05, 3.63) is 17.7 Å². The number of hydrogen-bond acceptors (Lipinski definition) is 4. The van der Waals surface area contributed by atoms with Crippen molar-refractivity contribution in [2.75, 3.05) is 19.5 Å². The van der Waals surface area contributed by atoms with Gasteiger partial charge in [0, 0.05) is 11.6 Å². The van der Waals surface area contributed by atoms with Crippen molar-refractivity contribution in [2.45, 2.75) is 19.2 Å². The minimum atomic E-state index is -0.701. The predicted molar refractivity (Wildman–Crippen MR) is 73.5 cm³/mol. The molecule has 5 nitrogen and oxygen atoms in total. The van der Waals surface area contributed by atoms with Crippen LogP contribution in [0.4, 0.5) is 5.69 Å². The number of hydrogen-bond donors (Lipinski definition) is 1. The van der Waals surface area contributed by atoms with E-state index in [-0.39, 0.29) is 5.78 Å². The Hall–Kier alpha value is -1.75. The molecular weight excluding hydrogens is 270 g/mol. The number of nitrogens with one attached hydrogen (secondary N) is 1. The summed E-state index contributed by atoms with van der Waals surface area (Å²) >= 11 is 5.69.